The first-order valence-corrected chi connectivity index (χ1v) is 8.48. The first-order chi connectivity index (χ1) is 10.6. The van der Waals surface area contributed by atoms with Gasteiger partial charge in [-0.05, 0) is 33.6 Å². The van der Waals surface area contributed by atoms with Gasteiger partial charge in [-0.15, -0.1) is 11.3 Å². The van der Waals surface area contributed by atoms with Crippen molar-refractivity contribution >= 4 is 22.6 Å². The van der Waals surface area contributed by atoms with Crippen LogP contribution in [0.25, 0.3) is 0 Å². The van der Waals surface area contributed by atoms with E-state index < -0.39 is 17.6 Å². The number of alkyl halides is 2. The van der Waals surface area contributed by atoms with Crippen LogP contribution in [-0.4, -0.2) is 28.6 Å². The summed E-state index contributed by atoms with van der Waals surface area (Å²) < 4.78 is 32.3. The van der Waals surface area contributed by atoms with Crippen molar-refractivity contribution in [2.45, 2.75) is 70.6 Å². The van der Waals surface area contributed by atoms with Crippen LogP contribution in [0.15, 0.2) is 6.20 Å². The molecule has 2 rings (SSSR count). The number of aromatic nitrogens is 1. The van der Waals surface area contributed by atoms with Crippen LogP contribution >= 0.6 is 11.3 Å². The molecule has 1 fully saturated rings. The molecule has 8 heteroatoms. The van der Waals surface area contributed by atoms with E-state index in [1.54, 1.807) is 27.0 Å². The van der Waals surface area contributed by atoms with Crippen molar-refractivity contribution in [3.05, 3.63) is 11.1 Å². The first-order valence-electron chi connectivity index (χ1n) is 7.66. The maximum Gasteiger partial charge on any atom is 0.416 e. The molecule has 1 aromatic heterocycles. The van der Waals surface area contributed by atoms with Gasteiger partial charge in [0.25, 0.3) is 0 Å². The predicted octanol–water partition coefficient (Wildman–Crippen LogP) is 3.92. The second-order valence-corrected chi connectivity index (χ2v) is 7.84. The molecule has 5 nitrogen and oxygen atoms in total. The number of anilines is 1. The molecule has 1 heterocycles. The Morgan fingerprint density at radius 1 is 1.48 bits per heavy atom. The van der Waals surface area contributed by atoms with Gasteiger partial charge in [-0.1, -0.05) is 0 Å². The third-order valence-corrected chi connectivity index (χ3v) is 4.61. The molecule has 0 unspecified atom stereocenters. The number of carbonyl (C=O) groups is 1. The van der Waals surface area contributed by atoms with Crippen LogP contribution in [0.2, 0.25) is 0 Å². The average molecular weight is 347 g/mol. The molecule has 1 saturated carbocycles. The summed E-state index contributed by atoms with van der Waals surface area (Å²) >= 11 is 1.29. The summed E-state index contributed by atoms with van der Waals surface area (Å²) in [6, 6.07) is -0.332. The van der Waals surface area contributed by atoms with Gasteiger partial charge in [0.1, 0.15) is 5.60 Å². The van der Waals surface area contributed by atoms with Gasteiger partial charge in [0.2, 0.25) is 5.92 Å². The molecule has 0 spiro atoms. The summed E-state index contributed by atoms with van der Waals surface area (Å²) in [6.07, 6.45) is 1.05. The van der Waals surface area contributed by atoms with E-state index in [9.17, 15) is 13.6 Å². The van der Waals surface area contributed by atoms with Crippen molar-refractivity contribution in [3.8, 4) is 0 Å². The van der Waals surface area contributed by atoms with Gasteiger partial charge < -0.3 is 10.5 Å². The predicted molar refractivity (Wildman–Crippen MR) is 85.9 cm³/mol. The summed E-state index contributed by atoms with van der Waals surface area (Å²) in [6.45, 7) is 5.63. The Bertz CT molecular complexity index is 547. The van der Waals surface area contributed by atoms with E-state index in [4.69, 9.17) is 10.5 Å². The minimum absolute atomic E-state index is 0.226. The molecule has 2 N–H and O–H groups in total. The Balaban J connectivity index is 2.22. The van der Waals surface area contributed by atoms with Crippen molar-refractivity contribution in [1.82, 2.24) is 4.98 Å². The SMILES string of the molecule is CC(C)(C)OC(=O)N(c1ncc(CN)s1)C1CCC(F)(F)CC1. The van der Waals surface area contributed by atoms with Crippen molar-refractivity contribution in [3.63, 3.8) is 0 Å². The van der Waals surface area contributed by atoms with E-state index in [2.05, 4.69) is 4.98 Å². The molecule has 1 aromatic rings. The summed E-state index contributed by atoms with van der Waals surface area (Å²) in [5.74, 6) is -2.65. The molecule has 1 aliphatic rings. The van der Waals surface area contributed by atoms with E-state index in [-0.39, 0.29) is 31.7 Å². The summed E-state index contributed by atoms with van der Waals surface area (Å²) in [4.78, 5) is 19.0. The lowest BCUT2D eigenvalue weighted by atomic mass is 9.91. The van der Waals surface area contributed by atoms with Crippen molar-refractivity contribution < 1.29 is 18.3 Å². The Morgan fingerprint density at radius 2 is 2.09 bits per heavy atom. The molecule has 0 aliphatic heterocycles. The Morgan fingerprint density at radius 3 is 2.57 bits per heavy atom. The van der Waals surface area contributed by atoms with Gasteiger partial charge in [0, 0.05) is 36.5 Å². The fraction of sp³-hybridized carbons (Fsp3) is 0.733. The van der Waals surface area contributed by atoms with E-state index >= 15 is 0 Å². The van der Waals surface area contributed by atoms with Crippen LogP contribution in [0, 0.1) is 0 Å². The van der Waals surface area contributed by atoms with Crippen LogP contribution in [0.3, 0.4) is 0 Å². The molecular formula is C15H23F2N3O2S. The van der Waals surface area contributed by atoms with Crippen LogP contribution in [-0.2, 0) is 11.3 Å². The van der Waals surface area contributed by atoms with Gasteiger partial charge in [-0.25, -0.2) is 23.5 Å². The Kier molecular flexibility index (Phi) is 5.25. The summed E-state index contributed by atoms with van der Waals surface area (Å²) in [7, 11) is 0. The zero-order chi connectivity index (χ0) is 17.3. The van der Waals surface area contributed by atoms with Crippen LogP contribution in [0.5, 0.6) is 0 Å². The third-order valence-electron chi connectivity index (χ3n) is 3.59. The molecule has 23 heavy (non-hydrogen) atoms. The van der Waals surface area contributed by atoms with Crippen LogP contribution in [0.4, 0.5) is 18.7 Å². The second-order valence-electron chi connectivity index (χ2n) is 6.75. The quantitative estimate of drug-likeness (QED) is 0.900. The number of hydrogen-bond donors (Lipinski definition) is 1. The average Bonchev–Trinajstić information content (AvgIpc) is 2.87. The smallest absolute Gasteiger partial charge is 0.416 e. The van der Waals surface area contributed by atoms with Gasteiger partial charge in [-0.3, -0.25) is 0 Å². The van der Waals surface area contributed by atoms with Crippen molar-refractivity contribution in [1.29, 1.82) is 0 Å². The minimum atomic E-state index is -2.65. The number of amides is 1. The molecule has 0 saturated heterocycles. The maximum absolute atomic E-state index is 13.4. The zero-order valence-electron chi connectivity index (χ0n) is 13.6. The van der Waals surface area contributed by atoms with E-state index in [1.807, 2.05) is 0 Å². The third kappa shape index (κ3) is 4.84. The normalized spacial score (nSPS) is 18.7. The molecule has 0 radical (unpaired) electrons. The number of halogens is 2. The highest BCUT2D eigenvalue weighted by molar-refractivity contribution is 7.15. The Labute approximate surface area is 138 Å². The van der Waals surface area contributed by atoms with Gasteiger partial charge >= 0.3 is 6.09 Å². The minimum Gasteiger partial charge on any atom is -0.443 e. The molecule has 0 atom stereocenters. The topological polar surface area (TPSA) is 68.5 Å². The fourth-order valence-corrected chi connectivity index (χ4v) is 3.33. The van der Waals surface area contributed by atoms with Crippen molar-refractivity contribution in [2.24, 2.45) is 5.73 Å². The number of nitrogens with two attached hydrogens (primary N) is 1. The standard InChI is InChI=1S/C15H23F2N3O2S/c1-14(2,3)22-13(21)20(12-19-9-11(8-18)23-12)10-4-6-15(16,17)7-5-10/h9-10H,4-8,18H2,1-3H3. The van der Waals surface area contributed by atoms with Gasteiger partial charge in [0.05, 0.1) is 0 Å². The maximum atomic E-state index is 13.4. The monoisotopic (exact) mass is 347 g/mol. The number of rotatable bonds is 3. The highest BCUT2D eigenvalue weighted by atomic mass is 32.1. The van der Waals surface area contributed by atoms with Gasteiger partial charge in [-0.2, -0.15) is 0 Å². The Hall–Kier alpha value is -1.28. The molecule has 1 amide bonds. The largest absolute Gasteiger partial charge is 0.443 e. The molecule has 130 valence electrons. The lowest BCUT2D eigenvalue weighted by Crippen LogP contribution is -2.46. The lowest BCUT2D eigenvalue weighted by Gasteiger charge is -2.36. The first kappa shape index (κ1) is 18.1. The highest BCUT2D eigenvalue weighted by Gasteiger charge is 2.40. The second kappa shape index (κ2) is 6.68. The highest BCUT2D eigenvalue weighted by Crippen LogP contribution is 2.38. The molecule has 1 aliphatic carbocycles. The zero-order valence-corrected chi connectivity index (χ0v) is 14.5. The van der Waals surface area contributed by atoms with Crippen molar-refractivity contribution in [2.75, 3.05) is 4.90 Å². The number of thiazole rings is 1. The molecule has 0 bridgehead atoms. The van der Waals surface area contributed by atoms with E-state index in [1.165, 1.54) is 16.2 Å². The van der Waals surface area contributed by atoms with Crippen LogP contribution < -0.4 is 10.6 Å². The number of hydrogen-bond acceptors (Lipinski definition) is 5. The van der Waals surface area contributed by atoms with E-state index in [0.29, 0.717) is 11.7 Å². The number of carbonyl (C=O) groups excluding carboxylic acids is 1. The van der Waals surface area contributed by atoms with Gasteiger partial charge in [0.15, 0.2) is 5.13 Å². The summed E-state index contributed by atoms with van der Waals surface area (Å²) in [5.41, 5.74) is 4.93. The van der Waals surface area contributed by atoms with Crippen LogP contribution in [0.1, 0.15) is 51.3 Å². The fourth-order valence-electron chi connectivity index (χ4n) is 2.48. The summed E-state index contributed by atoms with van der Waals surface area (Å²) in [5, 5.41) is 0.454. The van der Waals surface area contributed by atoms with E-state index in [0.717, 1.165) is 4.88 Å². The molecule has 0 aromatic carbocycles. The number of nitrogens with zero attached hydrogens (tertiary/aromatic N) is 2. The number of ether oxygens (including phenoxy) is 1. The lowest BCUT2D eigenvalue weighted by molar-refractivity contribution is -0.0388. The molecular weight excluding hydrogens is 324 g/mol.